The molecule has 0 bridgehead atoms. The third-order valence-electron chi connectivity index (χ3n) is 2.46. The topological polar surface area (TPSA) is 61.8 Å². The Morgan fingerprint density at radius 3 is 2.72 bits per heavy atom. The first-order valence-electron chi connectivity index (χ1n) is 5.16. The minimum absolute atomic E-state index is 0.0520. The highest BCUT2D eigenvalue weighted by molar-refractivity contribution is 5.26. The molecule has 0 amide bonds. The molecule has 1 aromatic carbocycles. The molecule has 0 radical (unpaired) electrons. The Labute approximate surface area is 100 Å². The molecule has 2 rings (SSSR count). The number of aromatic nitrogens is 3. The number of aliphatic hydroxyl groups excluding tert-OH is 1. The summed E-state index contributed by atoms with van der Waals surface area (Å²) in [5, 5.41) is 19.3. The fourth-order valence-electron chi connectivity index (χ4n) is 1.57. The van der Waals surface area contributed by atoms with Crippen molar-refractivity contribution in [1.82, 2.24) is 15.4 Å². The van der Waals surface area contributed by atoms with E-state index in [4.69, 9.17) is 0 Å². The SMILES string of the molecule is OC(Cc1cccc(C(F)(F)F)c1)c1cn[nH]n1. The number of aliphatic hydroxyl groups is 1. The average Bonchev–Trinajstić information content (AvgIpc) is 2.81. The highest BCUT2D eigenvalue weighted by atomic mass is 19.4. The molecule has 1 unspecified atom stereocenters. The smallest absolute Gasteiger partial charge is 0.386 e. The Kier molecular flexibility index (Phi) is 3.33. The number of aromatic amines is 1. The van der Waals surface area contributed by atoms with E-state index >= 15 is 0 Å². The van der Waals surface area contributed by atoms with Crippen molar-refractivity contribution in [1.29, 1.82) is 0 Å². The van der Waals surface area contributed by atoms with E-state index in [-0.39, 0.29) is 6.42 Å². The molecule has 0 saturated carbocycles. The minimum atomic E-state index is -4.38. The molecule has 0 saturated heterocycles. The van der Waals surface area contributed by atoms with Crippen molar-refractivity contribution >= 4 is 0 Å². The van der Waals surface area contributed by atoms with Gasteiger partial charge in [-0.2, -0.15) is 28.6 Å². The van der Waals surface area contributed by atoms with Gasteiger partial charge >= 0.3 is 6.18 Å². The zero-order valence-corrected chi connectivity index (χ0v) is 9.15. The van der Waals surface area contributed by atoms with E-state index < -0.39 is 17.8 Å². The van der Waals surface area contributed by atoms with E-state index in [1.54, 1.807) is 0 Å². The van der Waals surface area contributed by atoms with Crippen molar-refractivity contribution < 1.29 is 18.3 Å². The van der Waals surface area contributed by atoms with E-state index in [9.17, 15) is 18.3 Å². The average molecular weight is 257 g/mol. The Morgan fingerprint density at radius 1 is 1.33 bits per heavy atom. The van der Waals surface area contributed by atoms with E-state index in [0.717, 1.165) is 12.1 Å². The summed E-state index contributed by atoms with van der Waals surface area (Å²) in [5.41, 5.74) is -0.0416. The first kappa shape index (κ1) is 12.6. The third kappa shape index (κ3) is 2.86. The largest absolute Gasteiger partial charge is 0.416 e. The maximum absolute atomic E-state index is 12.5. The van der Waals surface area contributed by atoms with Crippen molar-refractivity contribution in [2.45, 2.75) is 18.7 Å². The molecule has 18 heavy (non-hydrogen) atoms. The van der Waals surface area contributed by atoms with Gasteiger partial charge in [0, 0.05) is 6.42 Å². The standard InChI is InChI=1S/C11H10F3N3O/c12-11(13,14)8-3-1-2-7(4-8)5-10(18)9-6-15-17-16-9/h1-4,6,10,18H,5H2,(H,15,16,17). The van der Waals surface area contributed by atoms with Crippen LogP contribution in [0.5, 0.6) is 0 Å². The van der Waals surface area contributed by atoms with Crippen molar-refractivity contribution in [2.24, 2.45) is 0 Å². The number of hydrogen-bond acceptors (Lipinski definition) is 3. The molecule has 2 N–H and O–H groups in total. The van der Waals surface area contributed by atoms with Crippen LogP contribution in [0.25, 0.3) is 0 Å². The van der Waals surface area contributed by atoms with Crippen molar-refractivity contribution in [3.63, 3.8) is 0 Å². The fourth-order valence-corrected chi connectivity index (χ4v) is 1.57. The van der Waals surface area contributed by atoms with Gasteiger partial charge in [-0.1, -0.05) is 18.2 Å². The van der Waals surface area contributed by atoms with Gasteiger partial charge in [-0.05, 0) is 11.6 Å². The lowest BCUT2D eigenvalue weighted by molar-refractivity contribution is -0.137. The maximum atomic E-state index is 12.5. The summed E-state index contributed by atoms with van der Waals surface area (Å²) < 4.78 is 37.5. The van der Waals surface area contributed by atoms with Gasteiger partial charge in [0.2, 0.25) is 0 Å². The number of hydrogen-bond donors (Lipinski definition) is 2. The molecule has 4 nitrogen and oxygen atoms in total. The van der Waals surface area contributed by atoms with Gasteiger partial charge in [0.05, 0.1) is 11.8 Å². The number of nitrogens with zero attached hydrogens (tertiary/aromatic N) is 2. The van der Waals surface area contributed by atoms with E-state index in [0.29, 0.717) is 11.3 Å². The van der Waals surface area contributed by atoms with Crippen LogP contribution in [0.1, 0.15) is 22.9 Å². The molecule has 0 spiro atoms. The number of rotatable bonds is 3. The van der Waals surface area contributed by atoms with Crippen LogP contribution in [0, 0.1) is 0 Å². The number of alkyl halides is 3. The fraction of sp³-hybridized carbons (Fsp3) is 0.273. The van der Waals surface area contributed by atoms with E-state index in [1.807, 2.05) is 0 Å². The van der Waals surface area contributed by atoms with Crippen LogP contribution in [-0.4, -0.2) is 20.5 Å². The van der Waals surface area contributed by atoms with Crippen LogP contribution < -0.4 is 0 Å². The normalized spacial score (nSPS) is 13.6. The maximum Gasteiger partial charge on any atom is 0.416 e. The number of H-pyrrole nitrogens is 1. The summed E-state index contributed by atoms with van der Waals surface area (Å²) in [6.45, 7) is 0. The first-order valence-corrected chi connectivity index (χ1v) is 5.16. The van der Waals surface area contributed by atoms with Crippen molar-refractivity contribution in [3.05, 3.63) is 47.3 Å². The summed E-state index contributed by atoms with van der Waals surface area (Å²) >= 11 is 0. The Hall–Kier alpha value is -1.89. The van der Waals surface area contributed by atoms with Gasteiger partial charge in [-0.25, -0.2) is 0 Å². The summed E-state index contributed by atoms with van der Waals surface area (Å²) in [5.74, 6) is 0. The third-order valence-corrected chi connectivity index (χ3v) is 2.46. The molecule has 0 fully saturated rings. The number of halogens is 3. The molecule has 7 heteroatoms. The molecule has 1 aromatic heterocycles. The second kappa shape index (κ2) is 4.77. The zero-order valence-electron chi connectivity index (χ0n) is 9.15. The van der Waals surface area contributed by atoms with Gasteiger partial charge in [0.25, 0.3) is 0 Å². The highest BCUT2D eigenvalue weighted by Gasteiger charge is 2.30. The van der Waals surface area contributed by atoms with Crippen LogP contribution in [0.4, 0.5) is 13.2 Å². The van der Waals surface area contributed by atoms with E-state index in [2.05, 4.69) is 15.4 Å². The van der Waals surface area contributed by atoms with Gasteiger partial charge in [0.1, 0.15) is 11.8 Å². The summed E-state index contributed by atoms with van der Waals surface area (Å²) in [7, 11) is 0. The summed E-state index contributed by atoms with van der Waals surface area (Å²) in [4.78, 5) is 0. The van der Waals surface area contributed by atoms with Gasteiger partial charge in [-0.15, -0.1) is 0 Å². The lowest BCUT2D eigenvalue weighted by Gasteiger charge is -2.10. The van der Waals surface area contributed by atoms with Crippen LogP contribution in [0.3, 0.4) is 0 Å². The number of benzene rings is 1. The lowest BCUT2D eigenvalue weighted by Crippen LogP contribution is -2.07. The van der Waals surface area contributed by atoms with Crippen molar-refractivity contribution in [2.75, 3.05) is 0 Å². The van der Waals surface area contributed by atoms with Gasteiger partial charge in [0.15, 0.2) is 0 Å². The molecule has 0 aliphatic rings. The van der Waals surface area contributed by atoms with Gasteiger partial charge in [-0.3, -0.25) is 0 Å². The molecule has 1 atom stereocenters. The highest BCUT2D eigenvalue weighted by Crippen LogP contribution is 2.30. The van der Waals surface area contributed by atoms with Crippen LogP contribution in [0.2, 0.25) is 0 Å². The van der Waals surface area contributed by atoms with Crippen molar-refractivity contribution in [3.8, 4) is 0 Å². The summed E-state index contributed by atoms with van der Waals surface area (Å²) in [6, 6.07) is 4.85. The Bertz CT molecular complexity index is 511. The first-order chi connectivity index (χ1) is 8.47. The molecule has 0 aliphatic carbocycles. The molecular formula is C11H10F3N3O. The van der Waals surface area contributed by atoms with Gasteiger partial charge < -0.3 is 5.11 Å². The zero-order chi connectivity index (χ0) is 13.2. The van der Waals surface area contributed by atoms with Crippen LogP contribution in [-0.2, 0) is 12.6 Å². The monoisotopic (exact) mass is 257 g/mol. The molecule has 96 valence electrons. The number of nitrogens with one attached hydrogen (secondary N) is 1. The quantitative estimate of drug-likeness (QED) is 0.885. The Morgan fingerprint density at radius 2 is 2.11 bits per heavy atom. The summed E-state index contributed by atoms with van der Waals surface area (Å²) in [6.07, 6.45) is -3.98. The second-order valence-electron chi connectivity index (χ2n) is 3.81. The minimum Gasteiger partial charge on any atom is -0.386 e. The predicted octanol–water partition coefficient (Wildman–Crippen LogP) is 2.10. The Balaban J connectivity index is 2.15. The molecule has 1 heterocycles. The lowest BCUT2D eigenvalue weighted by atomic mass is 10.0. The predicted molar refractivity (Wildman–Crippen MR) is 56.5 cm³/mol. The second-order valence-corrected chi connectivity index (χ2v) is 3.81. The van der Waals surface area contributed by atoms with E-state index in [1.165, 1.54) is 18.3 Å². The van der Waals surface area contributed by atoms with Crippen LogP contribution in [0.15, 0.2) is 30.5 Å². The van der Waals surface area contributed by atoms with Crippen LogP contribution >= 0.6 is 0 Å². The molecular weight excluding hydrogens is 247 g/mol. The molecule has 0 aliphatic heterocycles. The molecule has 2 aromatic rings.